The maximum absolute atomic E-state index is 12.6. The zero-order chi connectivity index (χ0) is 42.0. The van der Waals surface area contributed by atoms with Gasteiger partial charge in [0.05, 0.1) is 63.1 Å². The van der Waals surface area contributed by atoms with Gasteiger partial charge >= 0.3 is 5.97 Å². The van der Waals surface area contributed by atoms with Gasteiger partial charge in [-0.25, -0.2) is 4.79 Å². The van der Waals surface area contributed by atoms with Gasteiger partial charge in [-0.15, -0.1) is 0 Å². The average molecular weight is 819 g/mol. The lowest BCUT2D eigenvalue weighted by atomic mass is 9.83. The Morgan fingerprint density at radius 3 is 1.84 bits per heavy atom. The first-order chi connectivity index (χ1) is 26.2. The maximum Gasteiger partial charge on any atom is 0.364 e. The minimum atomic E-state index is -2.60. The molecule has 4 heterocycles. The van der Waals surface area contributed by atoms with E-state index in [1.165, 1.54) is 6.92 Å². The Kier molecular flexibility index (Phi) is 16.8. The third kappa shape index (κ3) is 10.0. The van der Waals surface area contributed by atoms with Crippen molar-refractivity contribution in [2.75, 3.05) is 26.4 Å². The molecule has 0 aromatic carbocycles. The van der Waals surface area contributed by atoms with Gasteiger partial charge in [0.25, 0.3) is 5.79 Å². The predicted octanol–water partition coefficient (Wildman–Crippen LogP) is -5.26. The number of aliphatic hydroxyl groups is 12. The largest absolute Gasteiger partial charge is 0.477 e. The molecule has 0 amide bonds. The Morgan fingerprint density at radius 1 is 0.714 bits per heavy atom. The number of carboxylic acids is 1. The lowest BCUT2D eigenvalue weighted by Crippen LogP contribution is -2.65. The molecule has 328 valence electrons. The van der Waals surface area contributed by atoms with Gasteiger partial charge in [-0.1, -0.05) is 34.6 Å². The van der Waals surface area contributed by atoms with Crippen LogP contribution in [0.4, 0.5) is 0 Å². The Bertz CT molecular complexity index is 1230. The average Bonchev–Trinajstić information content (AvgIpc) is 3.16. The van der Waals surface area contributed by atoms with Gasteiger partial charge in [-0.05, 0) is 5.92 Å². The first kappa shape index (κ1) is 47.4. The summed E-state index contributed by atoms with van der Waals surface area (Å²) in [7, 11) is 0. The highest BCUT2D eigenvalue weighted by Crippen LogP contribution is 2.40. The molecule has 0 bridgehead atoms. The Labute approximate surface area is 323 Å². The van der Waals surface area contributed by atoms with Crippen molar-refractivity contribution < 1.29 is 104 Å². The van der Waals surface area contributed by atoms with Crippen molar-refractivity contribution in [3.05, 3.63) is 0 Å². The van der Waals surface area contributed by atoms with Gasteiger partial charge in [0.15, 0.2) is 12.6 Å². The highest BCUT2D eigenvalue weighted by atomic mass is 16.7. The maximum atomic E-state index is 12.6. The minimum Gasteiger partial charge on any atom is -0.477 e. The quantitative estimate of drug-likeness (QED) is 0.0692. The first-order valence-corrected chi connectivity index (χ1v) is 19.0. The van der Waals surface area contributed by atoms with Gasteiger partial charge in [0.1, 0.15) is 61.0 Å². The molecule has 0 saturated carbocycles. The van der Waals surface area contributed by atoms with Crippen LogP contribution in [0, 0.1) is 23.7 Å². The number of aliphatic carboxylic acids is 1. The van der Waals surface area contributed by atoms with Crippen molar-refractivity contribution in [3.8, 4) is 0 Å². The number of hydrogen-bond acceptors (Lipinski definition) is 20. The second-order valence-electron chi connectivity index (χ2n) is 15.9. The number of hydrogen-bond donors (Lipinski definition) is 13. The van der Waals surface area contributed by atoms with E-state index in [-0.39, 0.29) is 12.3 Å². The zero-order valence-electron chi connectivity index (χ0n) is 32.0. The molecule has 4 aliphatic heterocycles. The number of carbonyl (C=O) groups is 1. The van der Waals surface area contributed by atoms with E-state index in [0.29, 0.717) is 0 Å². The van der Waals surface area contributed by atoms with Crippen molar-refractivity contribution in [2.24, 2.45) is 23.7 Å². The Morgan fingerprint density at radius 2 is 1.29 bits per heavy atom. The number of aliphatic hydroxyl groups excluding tert-OH is 12. The minimum absolute atomic E-state index is 0.196. The van der Waals surface area contributed by atoms with E-state index in [2.05, 4.69) is 0 Å². The molecular weight excluding hydrogens is 756 g/mol. The molecule has 4 fully saturated rings. The molecule has 21 heteroatoms. The fourth-order valence-electron chi connectivity index (χ4n) is 7.94. The second-order valence-corrected chi connectivity index (χ2v) is 15.9. The molecule has 21 nitrogen and oxygen atoms in total. The van der Waals surface area contributed by atoms with Gasteiger partial charge < -0.3 is 99.5 Å². The molecule has 4 saturated heterocycles. The van der Waals surface area contributed by atoms with Crippen molar-refractivity contribution in [1.29, 1.82) is 0 Å². The van der Waals surface area contributed by atoms with E-state index in [1.54, 1.807) is 13.8 Å². The van der Waals surface area contributed by atoms with Crippen LogP contribution in [0.1, 0.15) is 47.5 Å². The SMILES string of the molecule is CC(C)[C@H]1OC(CO[C@]2(C(=O)O)C[C@@H](O)[C@@H](C)C([C@H](O)[C@H](O)CO)O2)[C@H](O)[C@H](O[C@@H]2OC(CO)[C@H](O)[C@H](O[C@@H]3C[C@@H](O)[C@@H](C)C([C@H](O)[C@H](O)CO)O3)C2O)C1C. The van der Waals surface area contributed by atoms with Crippen molar-refractivity contribution in [2.45, 2.75) is 163 Å². The summed E-state index contributed by atoms with van der Waals surface area (Å²) in [5.41, 5.74) is 0. The molecule has 4 aliphatic rings. The molecule has 0 aromatic rings. The third-order valence-electron chi connectivity index (χ3n) is 11.6. The summed E-state index contributed by atoms with van der Waals surface area (Å²) < 4.78 is 41.3. The number of carboxylic acid groups (broad SMARTS) is 1. The van der Waals surface area contributed by atoms with Crippen LogP contribution < -0.4 is 0 Å². The highest BCUT2D eigenvalue weighted by Gasteiger charge is 2.56. The summed E-state index contributed by atoms with van der Waals surface area (Å²) >= 11 is 0. The van der Waals surface area contributed by atoms with E-state index >= 15 is 0 Å². The highest BCUT2D eigenvalue weighted by molar-refractivity contribution is 5.76. The summed E-state index contributed by atoms with van der Waals surface area (Å²) in [5, 5.41) is 136. The lowest BCUT2D eigenvalue weighted by molar-refractivity contribution is -0.365. The summed E-state index contributed by atoms with van der Waals surface area (Å²) in [4.78, 5) is 12.6. The Balaban J connectivity index is 1.55. The van der Waals surface area contributed by atoms with Gasteiger partial charge in [0.2, 0.25) is 0 Å². The van der Waals surface area contributed by atoms with Crippen LogP contribution in [-0.4, -0.2) is 215 Å². The molecule has 22 atom stereocenters. The molecule has 13 N–H and O–H groups in total. The van der Waals surface area contributed by atoms with Crippen molar-refractivity contribution in [3.63, 3.8) is 0 Å². The lowest BCUT2D eigenvalue weighted by Gasteiger charge is -2.50. The van der Waals surface area contributed by atoms with Crippen LogP contribution in [-0.2, 0) is 38.0 Å². The molecule has 4 rings (SSSR count). The van der Waals surface area contributed by atoms with Crippen LogP contribution in [0.2, 0.25) is 0 Å². The van der Waals surface area contributed by atoms with E-state index in [4.69, 9.17) is 33.2 Å². The fourth-order valence-corrected chi connectivity index (χ4v) is 7.94. The van der Waals surface area contributed by atoms with Gasteiger partial charge in [-0.2, -0.15) is 0 Å². The summed E-state index contributed by atoms with van der Waals surface area (Å²) in [6.07, 6.45) is -27.4. The molecule has 0 aliphatic carbocycles. The molecule has 56 heavy (non-hydrogen) atoms. The smallest absolute Gasteiger partial charge is 0.364 e. The molecule has 6 unspecified atom stereocenters. The van der Waals surface area contributed by atoms with Gasteiger partial charge in [-0.3, -0.25) is 0 Å². The van der Waals surface area contributed by atoms with Crippen LogP contribution in [0.3, 0.4) is 0 Å². The second kappa shape index (κ2) is 19.8. The molecule has 0 radical (unpaired) electrons. The van der Waals surface area contributed by atoms with Crippen LogP contribution >= 0.6 is 0 Å². The molecule has 0 aromatic heterocycles. The van der Waals surface area contributed by atoms with E-state index in [1.807, 2.05) is 13.8 Å². The predicted molar refractivity (Wildman–Crippen MR) is 184 cm³/mol. The summed E-state index contributed by atoms with van der Waals surface area (Å²) in [6, 6.07) is 0. The van der Waals surface area contributed by atoms with Crippen LogP contribution in [0.15, 0.2) is 0 Å². The normalized spacial score (nSPS) is 45.9. The number of rotatable bonds is 16. The molecule has 0 spiro atoms. The summed E-state index contributed by atoms with van der Waals surface area (Å²) in [5.74, 6) is -6.80. The van der Waals surface area contributed by atoms with Crippen molar-refractivity contribution >= 4 is 5.97 Å². The van der Waals surface area contributed by atoms with Gasteiger partial charge in [0, 0.05) is 30.6 Å². The molecular formula is C35H62O21. The van der Waals surface area contributed by atoms with Crippen molar-refractivity contribution in [1.82, 2.24) is 0 Å². The van der Waals surface area contributed by atoms with E-state index in [0.717, 1.165) is 0 Å². The topological polar surface area (TPSA) is 345 Å². The first-order valence-electron chi connectivity index (χ1n) is 19.0. The third-order valence-corrected chi connectivity index (χ3v) is 11.6. The zero-order valence-corrected chi connectivity index (χ0v) is 32.0. The summed E-state index contributed by atoms with van der Waals surface area (Å²) in [6.45, 7) is 5.15. The van der Waals surface area contributed by atoms with E-state index in [9.17, 15) is 71.2 Å². The van der Waals surface area contributed by atoms with Crippen LogP contribution in [0.25, 0.3) is 0 Å². The Hall–Kier alpha value is -1.29. The monoisotopic (exact) mass is 818 g/mol. The van der Waals surface area contributed by atoms with Crippen LogP contribution in [0.5, 0.6) is 0 Å². The standard InChI is InChI=1S/C35H62O21/c1-12(2)28-15(5)30(26(46)21(51-28)11-50-35(34(48)49)7-17(40)14(4)31(56-35)24(44)19(42)9-37)55-33-27(47)32(25(45)20(10-38)52-33)54-22-6-16(39)13(3)29(53-22)23(43)18(41)8-36/h12-33,36-47H,6-11H2,1-5H3,(H,48,49)/t13-,14-,15?,16-,17-,18-,19-,20?,21?,22-,23-,24-,25+,26+,27?,28-,29?,30-,31?,32+,33+,35-/m1/s1. The number of ether oxygens (including phenoxy) is 7. The fraction of sp³-hybridized carbons (Fsp3) is 0.971. The van der Waals surface area contributed by atoms with E-state index < -0.39 is 173 Å².